The first-order valence-corrected chi connectivity index (χ1v) is 9.29. The van der Waals surface area contributed by atoms with Crippen molar-refractivity contribution in [3.63, 3.8) is 0 Å². The molecule has 1 N–H and O–H groups in total. The number of benzene rings is 2. The number of amides is 2. The van der Waals surface area contributed by atoms with Gasteiger partial charge in [0.25, 0.3) is 11.1 Å². The van der Waals surface area contributed by atoms with E-state index in [-0.39, 0.29) is 24.6 Å². The average molecular weight is 382 g/mol. The van der Waals surface area contributed by atoms with E-state index in [9.17, 15) is 9.59 Å². The van der Waals surface area contributed by atoms with Crippen LogP contribution in [0.5, 0.6) is 11.5 Å². The number of nitrogens with one attached hydrogen (secondary N) is 1. The minimum atomic E-state index is -0.305. The highest BCUT2D eigenvalue weighted by molar-refractivity contribution is 8.18. The Labute approximate surface area is 161 Å². The number of anilines is 1. The molecule has 2 aromatic rings. The van der Waals surface area contributed by atoms with E-state index >= 15 is 0 Å². The predicted octanol–water partition coefficient (Wildman–Crippen LogP) is 4.14. The van der Waals surface area contributed by atoms with Crippen molar-refractivity contribution >= 4 is 34.7 Å². The Morgan fingerprint density at radius 3 is 2.78 bits per heavy atom. The highest BCUT2D eigenvalue weighted by atomic mass is 32.2. The minimum Gasteiger partial charge on any atom is -0.454 e. The van der Waals surface area contributed by atoms with Crippen molar-refractivity contribution in [3.05, 3.63) is 58.0 Å². The molecule has 0 radical (unpaired) electrons. The summed E-state index contributed by atoms with van der Waals surface area (Å²) in [6.45, 7) is 4.31. The van der Waals surface area contributed by atoms with Gasteiger partial charge < -0.3 is 14.8 Å². The molecule has 7 heteroatoms. The highest BCUT2D eigenvalue weighted by Crippen LogP contribution is 2.36. The van der Waals surface area contributed by atoms with Crippen LogP contribution < -0.4 is 14.8 Å². The maximum atomic E-state index is 12.6. The number of imide groups is 1. The van der Waals surface area contributed by atoms with Crippen molar-refractivity contribution < 1.29 is 19.1 Å². The summed E-state index contributed by atoms with van der Waals surface area (Å²) >= 11 is 0.939. The second-order valence-electron chi connectivity index (χ2n) is 6.38. The van der Waals surface area contributed by atoms with Crippen molar-refractivity contribution in [1.82, 2.24) is 4.90 Å². The molecule has 4 rings (SSSR count). The molecule has 0 bridgehead atoms. The number of aryl methyl sites for hydroxylation is 2. The standard InChI is InChI=1S/C20H18N2O4S/c1-12-3-4-13(2)15(7-12)21-10-22-19(23)18(27-20(22)24)9-14-5-6-16-17(8-14)26-11-25-16/h3-9,21H,10-11H2,1-2H3/b18-9+. The third-order valence-electron chi connectivity index (χ3n) is 4.39. The Hall–Kier alpha value is -2.93. The van der Waals surface area contributed by atoms with Gasteiger partial charge in [-0.15, -0.1) is 0 Å². The van der Waals surface area contributed by atoms with Gasteiger partial charge in [0.15, 0.2) is 11.5 Å². The number of hydrogen-bond acceptors (Lipinski definition) is 6. The smallest absolute Gasteiger partial charge is 0.295 e. The first kappa shape index (κ1) is 17.5. The minimum absolute atomic E-state index is 0.132. The Morgan fingerprint density at radius 2 is 1.93 bits per heavy atom. The molecule has 27 heavy (non-hydrogen) atoms. The van der Waals surface area contributed by atoms with Crippen LogP contribution in [0, 0.1) is 13.8 Å². The van der Waals surface area contributed by atoms with E-state index in [1.54, 1.807) is 18.2 Å². The monoisotopic (exact) mass is 382 g/mol. The van der Waals surface area contributed by atoms with E-state index in [4.69, 9.17) is 9.47 Å². The van der Waals surface area contributed by atoms with Crippen LogP contribution in [0.1, 0.15) is 16.7 Å². The number of thioether (sulfide) groups is 1. The van der Waals surface area contributed by atoms with Gasteiger partial charge in [-0.25, -0.2) is 0 Å². The summed E-state index contributed by atoms with van der Waals surface area (Å²) in [4.78, 5) is 26.5. The quantitative estimate of drug-likeness (QED) is 0.802. The van der Waals surface area contributed by atoms with Crippen molar-refractivity contribution in [3.8, 4) is 11.5 Å². The number of carbonyl (C=O) groups is 2. The van der Waals surface area contributed by atoms with Crippen molar-refractivity contribution in [1.29, 1.82) is 0 Å². The predicted molar refractivity (Wildman–Crippen MR) is 105 cm³/mol. The number of carbonyl (C=O) groups excluding carboxylic acids is 2. The van der Waals surface area contributed by atoms with Crippen molar-refractivity contribution in [2.45, 2.75) is 13.8 Å². The van der Waals surface area contributed by atoms with Gasteiger partial charge in [0, 0.05) is 5.69 Å². The summed E-state index contributed by atoms with van der Waals surface area (Å²) in [6.07, 6.45) is 1.70. The third kappa shape index (κ3) is 3.50. The van der Waals surface area contributed by atoms with Gasteiger partial charge in [0.05, 0.1) is 11.6 Å². The average Bonchev–Trinajstić information content (AvgIpc) is 3.21. The van der Waals surface area contributed by atoms with Gasteiger partial charge >= 0.3 is 0 Å². The number of fused-ring (bicyclic) bond motifs is 1. The van der Waals surface area contributed by atoms with Crippen LogP contribution in [0.2, 0.25) is 0 Å². The molecule has 0 saturated carbocycles. The Morgan fingerprint density at radius 1 is 1.11 bits per heavy atom. The van der Waals surface area contributed by atoms with E-state index in [0.29, 0.717) is 16.4 Å². The summed E-state index contributed by atoms with van der Waals surface area (Å²) in [6, 6.07) is 11.4. The lowest BCUT2D eigenvalue weighted by atomic mass is 10.1. The summed E-state index contributed by atoms with van der Waals surface area (Å²) in [5.41, 5.74) is 3.87. The maximum absolute atomic E-state index is 12.6. The molecule has 6 nitrogen and oxygen atoms in total. The van der Waals surface area contributed by atoms with E-state index < -0.39 is 0 Å². The Balaban J connectivity index is 1.49. The van der Waals surface area contributed by atoms with E-state index in [0.717, 1.165) is 34.1 Å². The molecule has 2 aliphatic rings. The zero-order chi connectivity index (χ0) is 19.0. The van der Waals surface area contributed by atoms with Crippen LogP contribution in [-0.2, 0) is 4.79 Å². The lowest BCUT2D eigenvalue weighted by Gasteiger charge is -2.16. The van der Waals surface area contributed by atoms with Crippen LogP contribution in [0.4, 0.5) is 10.5 Å². The molecule has 0 atom stereocenters. The molecule has 138 valence electrons. The van der Waals surface area contributed by atoms with Crippen LogP contribution >= 0.6 is 11.8 Å². The van der Waals surface area contributed by atoms with E-state index in [2.05, 4.69) is 5.32 Å². The molecule has 0 aromatic heterocycles. The van der Waals surface area contributed by atoms with Crippen LogP contribution in [0.3, 0.4) is 0 Å². The topological polar surface area (TPSA) is 67.9 Å². The molecule has 0 aliphatic carbocycles. The molecule has 2 aromatic carbocycles. The van der Waals surface area contributed by atoms with E-state index in [1.807, 2.05) is 38.1 Å². The van der Waals surface area contributed by atoms with Crippen molar-refractivity contribution in [2.24, 2.45) is 0 Å². The first-order chi connectivity index (χ1) is 13.0. The summed E-state index contributed by atoms with van der Waals surface area (Å²) in [5.74, 6) is 1.01. The molecule has 2 heterocycles. The summed E-state index contributed by atoms with van der Waals surface area (Å²) in [5, 5.41) is 2.89. The largest absolute Gasteiger partial charge is 0.454 e. The highest BCUT2D eigenvalue weighted by Gasteiger charge is 2.35. The number of nitrogens with zero attached hydrogens (tertiary/aromatic N) is 1. The lowest BCUT2D eigenvalue weighted by molar-refractivity contribution is -0.122. The molecule has 0 spiro atoms. The maximum Gasteiger partial charge on any atom is 0.295 e. The summed E-state index contributed by atoms with van der Waals surface area (Å²) in [7, 11) is 0. The lowest BCUT2D eigenvalue weighted by Crippen LogP contribution is -2.33. The second kappa shape index (κ2) is 7.00. The normalized spacial score (nSPS) is 17.1. The van der Waals surface area contributed by atoms with Gasteiger partial charge in [0.2, 0.25) is 6.79 Å². The fourth-order valence-electron chi connectivity index (χ4n) is 2.88. The molecular formula is C20H18N2O4S. The fourth-order valence-corrected chi connectivity index (χ4v) is 3.72. The van der Waals surface area contributed by atoms with Crippen LogP contribution in [0.25, 0.3) is 6.08 Å². The Bertz CT molecular complexity index is 970. The van der Waals surface area contributed by atoms with Gasteiger partial charge in [-0.1, -0.05) is 18.2 Å². The van der Waals surface area contributed by atoms with Crippen LogP contribution in [-0.4, -0.2) is 29.5 Å². The number of hydrogen-bond donors (Lipinski definition) is 1. The third-order valence-corrected chi connectivity index (χ3v) is 5.30. The second-order valence-corrected chi connectivity index (χ2v) is 7.37. The van der Waals surface area contributed by atoms with Gasteiger partial charge in [-0.2, -0.15) is 0 Å². The zero-order valence-corrected chi connectivity index (χ0v) is 15.8. The Kier molecular flexibility index (Phi) is 4.53. The zero-order valence-electron chi connectivity index (χ0n) is 14.9. The fraction of sp³-hybridized carbons (Fsp3) is 0.200. The van der Waals surface area contributed by atoms with Gasteiger partial charge in [0.1, 0.15) is 0 Å². The SMILES string of the molecule is Cc1ccc(C)c(NCN2C(=O)S/C(=C/c3ccc4c(c3)OCO4)C2=O)c1. The molecule has 2 amide bonds. The van der Waals surface area contributed by atoms with Crippen molar-refractivity contribution in [2.75, 3.05) is 18.8 Å². The molecule has 1 fully saturated rings. The van der Waals surface area contributed by atoms with Crippen LogP contribution in [0.15, 0.2) is 41.3 Å². The number of rotatable bonds is 4. The molecule has 0 unspecified atom stereocenters. The molecular weight excluding hydrogens is 364 g/mol. The first-order valence-electron chi connectivity index (χ1n) is 8.47. The van der Waals surface area contributed by atoms with Gasteiger partial charge in [-0.3, -0.25) is 14.5 Å². The molecule has 2 aliphatic heterocycles. The summed E-state index contributed by atoms with van der Waals surface area (Å²) < 4.78 is 10.6. The van der Waals surface area contributed by atoms with E-state index in [1.165, 1.54) is 4.90 Å². The van der Waals surface area contributed by atoms with Gasteiger partial charge in [-0.05, 0) is 66.6 Å². The number of ether oxygens (including phenoxy) is 2. The molecule has 1 saturated heterocycles.